The fraction of sp³-hybridized carbons (Fsp3) is 0.161. The summed E-state index contributed by atoms with van der Waals surface area (Å²) in [5.41, 5.74) is 18.3. The van der Waals surface area contributed by atoms with E-state index in [0.717, 1.165) is 0 Å². The van der Waals surface area contributed by atoms with Crippen molar-refractivity contribution in [2.45, 2.75) is 66.2 Å². The van der Waals surface area contributed by atoms with Gasteiger partial charge in [0.25, 0.3) is 0 Å². The Morgan fingerprint density at radius 3 is 1.19 bits per heavy atom. The largest absolute Gasteiger partial charge is 0.0683 e. The number of benzene rings is 10. The first-order valence-corrected chi connectivity index (χ1v) is 22.4. The second kappa shape index (κ2) is 15.0. The molecule has 10 aromatic rings. The zero-order valence-corrected chi connectivity index (χ0v) is 37.3. The van der Waals surface area contributed by atoms with Crippen molar-refractivity contribution in [1.29, 1.82) is 0 Å². The molecule has 11 rings (SSSR count). The summed E-state index contributed by atoms with van der Waals surface area (Å²) in [7, 11) is 0. The zero-order chi connectivity index (χ0) is 42.9. The van der Waals surface area contributed by atoms with Crippen LogP contribution in [-0.4, -0.2) is 0 Å². The van der Waals surface area contributed by atoms with E-state index in [1.165, 1.54) is 121 Å². The van der Waals surface area contributed by atoms with E-state index >= 15 is 0 Å². The highest BCUT2D eigenvalue weighted by Crippen LogP contribution is 2.58. The van der Waals surface area contributed by atoms with E-state index in [-0.39, 0.29) is 10.8 Å². The molecule has 0 amide bonds. The second-order valence-electron chi connectivity index (χ2n) is 18.9. The zero-order valence-electron chi connectivity index (χ0n) is 37.3. The van der Waals surface area contributed by atoms with Gasteiger partial charge in [0.2, 0.25) is 0 Å². The molecule has 0 saturated heterocycles. The summed E-state index contributed by atoms with van der Waals surface area (Å²) in [4.78, 5) is 0. The second-order valence-corrected chi connectivity index (χ2v) is 18.9. The third-order valence-electron chi connectivity index (χ3n) is 13.1. The summed E-state index contributed by atoms with van der Waals surface area (Å²) in [6.45, 7) is 17.8. The molecule has 0 fully saturated rings. The molecule has 0 radical (unpaired) electrons. The van der Waals surface area contributed by atoms with Gasteiger partial charge < -0.3 is 0 Å². The number of hydrogen-bond acceptors (Lipinski definition) is 0. The molecule has 62 heavy (non-hydrogen) atoms. The summed E-state index contributed by atoms with van der Waals surface area (Å²) in [6, 6.07) is 68.9. The van der Waals surface area contributed by atoms with Crippen LogP contribution in [0.3, 0.4) is 0 Å². The summed E-state index contributed by atoms with van der Waals surface area (Å²) in [5, 5.41) is 10.2. The smallest absolute Gasteiger partial charge is 0.000741 e. The minimum atomic E-state index is 0.0755. The summed E-state index contributed by atoms with van der Waals surface area (Å²) < 4.78 is 0. The van der Waals surface area contributed by atoms with Crippen LogP contribution in [0, 0.1) is 0 Å². The minimum absolute atomic E-state index is 0.0755. The highest BCUT2D eigenvalue weighted by molar-refractivity contribution is 6.28. The number of rotatable bonds is 4. The molecule has 0 nitrogen and oxygen atoms in total. The van der Waals surface area contributed by atoms with E-state index in [4.69, 9.17) is 0 Å². The Hall–Kier alpha value is -6.76. The maximum atomic E-state index is 2.41. The van der Waals surface area contributed by atoms with E-state index in [0.29, 0.717) is 0 Å². The van der Waals surface area contributed by atoms with Gasteiger partial charge in [0, 0.05) is 0 Å². The van der Waals surface area contributed by atoms with Crippen LogP contribution >= 0.6 is 0 Å². The van der Waals surface area contributed by atoms with Gasteiger partial charge in [-0.25, -0.2) is 0 Å². The van der Waals surface area contributed by atoms with E-state index < -0.39 is 0 Å². The lowest BCUT2D eigenvalue weighted by atomic mass is 9.80. The van der Waals surface area contributed by atoms with Crippen molar-refractivity contribution in [1.82, 2.24) is 0 Å². The van der Waals surface area contributed by atoms with Gasteiger partial charge in [0.15, 0.2) is 0 Å². The van der Waals surface area contributed by atoms with Crippen LogP contribution < -0.4 is 0 Å². The molecule has 302 valence electrons. The molecule has 0 aromatic heterocycles. The molecule has 0 unspecified atom stereocenters. The lowest BCUT2D eigenvalue weighted by molar-refractivity contribution is 0.590. The summed E-state index contributed by atoms with van der Waals surface area (Å²) in [6.07, 6.45) is 0. The van der Waals surface area contributed by atoms with Gasteiger partial charge in [-0.15, -0.1) is 0 Å². The molecule has 0 saturated carbocycles. The van der Waals surface area contributed by atoms with Crippen molar-refractivity contribution < 1.29 is 0 Å². The first kappa shape index (κ1) is 39.4. The molecule has 1 aliphatic carbocycles. The average molecular weight is 799 g/mol. The van der Waals surface area contributed by atoms with Crippen molar-refractivity contribution in [2.75, 3.05) is 0 Å². The fourth-order valence-corrected chi connectivity index (χ4v) is 9.89. The van der Waals surface area contributed by atoms with Crippen molar-refractivity contribution in [2.24, 2.45) is 0 Å². The van der Waals surface area contributed by atoms with Crippen LogP contribution in [0.25, 0.3) is 110 Å². The van der Waals surface area contributed by atoms with Gasteiger partial charge >= 0.3 is 0 Å². The lowest BCUT2D eigenvalue weighted by Crippen LogP contribution is -2.10. The number of hydrogen-bond donors (Lipinski definition) is 0. The summed E-state index contributed by atoms with van der Waals surface area (Å²) in [5.74, 6) is 0. The lowest BCUT2D eigenvalue weighted by Gasteiger charge is -2.23. The van der Waals surface area contributed by atoms with E-state index in [2.05, 4.69) is 224 Å². The first-order chi connectivity index (χ1) is 30.0. The third-order valence-corrected chi connectivity index (χ3v) is 13.1. The molecule has 0 heteroatoms. The van der Waals surface area contributed by atoms with Crippen LogP contribution in [-0.2, 0) is 10.8 Å². The Labute approximate surface area is 367 Å². The van der Waals surface area contributed by atoms with Crippen LogP contribution in [0.1, 0.15) is 66.5 Å². The molecule has 0 N–H and O–H groups in total. The molecular weight excluding hydrogens is 745 g/mol. The SMILES string of the molecule is CC.CC(C)(C)c1ccc(-c2c3c(c(-c4ccc(C(C)(C)C)cc4)c4ccccc24)-c2ccc(-c4ccc5cc(-c6ccc7ccccc7c6)ccc5c4)c4cccc-3c24)cc1. The molecule has 0 spiro atoms. The normalized spacial score (nSPS) is 12.2. The topological polar surface area (TPSA) is 0 Å². The molecule has 0 atom stereocenters. The molecule has 10 aromatic carbocycles. The predicted molar refractivity (Wildman–Crippen MR) is 271 cm³/mol. The van der Waals surface area contributed by atoms with Gasteiger partial charge in [-0.3, -0.25) is 0 Å². The van der Waals surface area contributed by atoms with Crippen molar-refractivity contribution >= 4 is 43.1 Å². The number of fused-ring (bicyclic) bond motifs is 6. The molecular formula is C62H54. The quantitative estimate of drug-likeness (QED) is 0.166. The molecule has 0 heterocycles. The maximum Gasteiger partial charge on any atom is -0.000741 e. The Balaban J connectivity index is 0.00000226. The van der Waals surface area contributed by atoms with Crippen molar-refractivity contribution in [3.63, 3.8) is 0 Å². The Bertz CT molecular complexity index is 3230. The Morgan fingerprint density at radius 1 is 0.274 bits per heavy atom. The molecule has 0 aliphatic heterocycles. The highest BCUT2D eigenvalue weighted by atomic mass is 14.3. The van der Waals surface area contributed by atoms with Gasteiger partial charge in [0.1, 0.15) is 0 Å². The highest BCUT2D eigenvalue weighted by Gasteiger charge is 2.31. The Kier molecular flexibility index (Phi) is 9.53. The Morgan fingerprint density at radius 2 is 0.661 bits per heavy atom. The monoisotopic (exact) mass is 798 g/mol. The molecule has 1 aliphatic rings. The van der Waals surface area contributed by atoms with Crippen LogP contribution in [0.4, 0.5) is 0 Å². The summed E-state index contributed by atoms with van der Waals surface area (Å²) >= 11 is 0. The average Bonchev–Trinajstić information content (AvgIpc) is 3.62. The van der Waals surface area contributed by atoms with Crippen LogP contribution in [0.15, 0.2) is 182 Å². The van der Waals surface area contributed by atoms with E-state index in [9.17, 15) is 0 Å². The minimum Gasteiger partial charge on any atom is -0.0683 e. The van der Waals surface area contributed by atoms with Gasteiger partial charge in [-0.05, 0) is 150 Å². The maximum absolute atomic E-state index is 2.41. The van der Waals surface area contributed by atoms with Gasteiger partial charge in [-0.1, -0.05) is 219 Å². The van der Waals surface area contributed by atoms with Crippen molar-refractivity contribution in [3.05, 3.63) is 193 Å². The third kappa shape index (κ3) is 6.52. The van der Waals surface area contributed by atoms with Crippen LogP contribution in [0.5, 0.6) is 0 Å². The van der Waals surface area contributed by atoms with Crippen molar-refractivity contribution in [3.8, 4) is 66.8 Å². The van der Waals surface area contributed by atoms with E-state index in [1.807, 2.05) is 13.8 Å². The predicted octanol–water partition coefficient (Wildman–Crippen LogP) is 18.2. The van der Waals surface area contributed by atoms with Crippen LogP contribution in [0.2, 0.25) is 0 Å². The fourth-order valence-electron chi connectivity index (χ4n) is 9.89. The van der Waals surface area contributed by atoms with E-state index in [1.54, 1.807) is 0 Å². The standard InChI is InChI=1S/C60H48.C2H6/c1-59(2,3)46-28-24-38(25-29-46)54-50-14-9-10-15-51(50)55(39-26-30-47(31-27-39)60(4,5)6)58-53-33-32-48(49-16-11-17-52(56(49)53)57(54)58)45-23-22-43-35-42(20-21-44(43)36-45)41-19-18-37-12-7-8-13-40(37)34-41;1-2/h7-36H,1-6H3;1-2H3. The first-order valence-electron chi connectivity index (χ1n) is 22.4. The molecule has 0 bridgehead atoms. The van der Waals surface area contributed by atoms with Gasteiger partial charge in [0.05, 0.1) is 0 Å². The van der Waals surface area contributed by atoms with Gasteiger partial charge in [-0.2, -0.15) is 0 Å².